The van der Waals surface area contributed by atoms with Crippen molar-refractivity contribution in [2.45, 2.75) is 27.2 Å². The Labute approximate surface area is 100 Å². The summed E-state index contributed by atoms with van der Waals surface area (Å²) >= 11 is 4.02. The molecule has 0 nitrogen and oxygen atoms in total. The van der Waals surface area contributed by atoms with E-state index in [0.29, 0.717) is 5.56 Å². The molecule has 1 aromatic carbocycles. The van der Waals surface area contributed by atoms with Crippen LogP contribution < -0.4 is 0 Å². The molecule has 0 aliphatic heterocycles. The Hall–Kier alpha value is -0.640. The normalized spacial score (nSPS) is 10.3. The van der Waals surface area contributed by atoms with Crippen molar-refractivity contribution >= 4 is 12.6 Å². The number of alkyl halides is 2. The van der Waals surface area contributed by atoms with Gasteiger partial charge in [0.1, 0.15) is 5.82 Å². The van der Waals surface area contributed by atoms with E-state index in [4.69, 9.17) is 0 Å². The first kappa shape index (κ1) is 15.4. The van der Waals surface area contributed by atoms with Gasteiger partial charge in [-0.15, -0.1) is 0 Å². The summed E-state index contributed by atoms with van der Waals surface area (Å²) in [4.78, 5) is 0. The molecule has 0 saturated carbocycles. The van der Waals surface area contributed by atoms with Crippen LogP contribution in [0.3, 0.4) is 0 Å². The molecule has 0 aliphatic carbocycles. The van der Waals surface area contributed by atoms with Crippen LogP contribution in [0.1, 0.15) is 31.4 Å². The lowest BCUT2D eigenvalue weighted by atomic mass is 10.1. The fraction of sp³-hybridized carbons (Fsp3) is 0.500. The molecule has 92 valence electrons. The number of hydrogen-bond donors (Lipinski definition) is 1. The van der Waals surface area contributed by atoms with Gasteiger partial charge in [-0.1, -0.05) is 25.5 Å². The average molecular weight is 250 g/mol. The summed E-state index contributed by atoms with van der Waals surface area (Å²) in [7, 11) is 0. The molecule has 1 aromatic rings. The van der Waals surface area contributed by atoms with E-state index < -0.39 is 17.8 Å². The van der Waals surface area contributed by atoms with E-state index in [9.17, 15) is 13.2 Å². The van der Waals surface area contributed by atoms with Crippen molar-refractivity contribution in [1.29, 1.82) is 0 Å². The Bertz CT molecular complexity index is 311. The van der Waals surface area contributed by atoms with Crippen LogP contribution in [0.25, 0.3) is 0 Å². The van der Waals surface area contributed by atoms with Crippen molar-refractivity contribution in [3.8, 4) is 0 Å². The van der Waals surface area contributed by atoms with Crippen molar-refractivity contribution in [2.24, 2.45) is 5.92 Å². The van der Waals surface area contributed by atoms with E-state index in [-0.39, 0.29) is 0 Å². The maximum Gasteiger partial charge on any atom is 0.266 e. The van der Waals surface area contributed by atoms with E-state index in [2.05, 4.69) is 26.5 Å². The number of halogens is 3. The molecule has 4 heteroatoms. The lowest BCUT2D eigenvalue weighted by Gasteiger charge is -2.01. The molecule has 1 rings (SSSR count). The van der Waals surface area contributed by atoms with Crippen molar-refractivity contribution < 1.29 is 13.2 Å². The number of hydrogen-bond acceptors (Lipinski definition) is 1. The second-order valence-corrected chi connectivity index (χ2v) is 4.27. The monoisotopic (exact) mass is 250 g/mol. The molecule has 16 heavy (non-hydrogen) atoms. The molecule has 0 bridgehead atoms. The van der Waals surface area contributed by atoms with Crippen molar-refractivity contribution in [2.75, 3.05) is 5.75 Å². The standard InChI is InChI=1S/C8H7F3.C4H10S/c1-5-2-3-7(9)6(4-5)8(10)11;1-4(2)3-5/h2-4,8H,1H3;4-5H,3H2,1-2H3. The van der Waals surface area contributed by atoms with Crippen molar-refractivity contribution in [3.05, 3.63) is 35.1 Å². The number of aryl methyl sites for hydroxylation is 1. The largest absolute Gasteiger partial charge is 0.266 e. The highest BCUT2D eigenvalue weighted by Crippen LogP contribution is 2.22. The molecule has 0 aromatic heterocycles. The molecule has 0 unspecified atom stereocenters. The second kappa shape index (κ2) is 7.60. The molecule has 0 spiro atoms. The topological polar surface area (TPSA) is 0 Å². The van der Waals surface area contributed by atoms with Gasteiger partial charge in [-0.25, -0.2) is 13.2 Å². The van der Waals surface area contributed by atoms with Gasteiger partial charge in [0, 0.05) is 0 Å². The number of thiol groups is 1. The van der Waals surface area contributed by atoms with Crippen LogP contribution in [-0.4, -0.2) is 5.75 Å². The summed E-state index contributed by atoms with van der Waals surface area (Å²) in [6.45, 7) is 5.94. The van der Waals surface area contributed by atoms with Gasteiger partial charge >= 0.3 is 0 Å². The van der Waals surface area contributed by atoms with Gasteiger partial charge in [0.2, 0.25) is 0 Å². The zero-order valence-electron chi connectivity index (χ0n) is 9.67. The van der Waals surface area contributed by atoms with Crippen LogP contribution in [0, 0.1) is 18.7 Å². The molecule has 0 radical (unpaired) electrons. The van der Waals surface area contributed by atoms with Crippen LogP contribution in [0.4, 0.5) is 13.2 Å². The van der Waals surface area contributed by atoms with Crippen LogP contribution >= 0.6 is 12.6 Å². The fourth-order valence-corrected chi connectivity index (χ4v) is 0.830. The average Bonchev–Trinajstić information content (AvgIpc) is 2.22. The third-order valence-electron chi connectivity index (χ3n) is 1.75. The summed E-state index contributed by atoms with van der Waals surface area (Å²) in [5.41, 5.74) is 0.117. The van der Waals surface area contributed by atoms with Gasteiger partial charge < -0.3 is 0 Å². The van der Waals surface area contributed by atoms with Crippen molar-refractivity contribution in [3.63, 3.8) is 0 Å². The van der Waals surface area contributed by atoms with Crippen LogP contribution in [-0.2, 0) is 0 Å². The van der Waals surface area contributed by atoms with E-state index >= 15 is 0 Å². The predicted molar refractivity (Wildman–Crippen MR) is 64.8 cm³/mol. The molecule has 0 N–H and O–H groups in total. The molecule has 0 heterocycles. The van der Waals surface area contributed by atoms with Gasteiger partial charge in [0.25, 0.3) is 6.43 Å². The Morgan fingerprint density at radius 2 is 1.75 bits per heavy atom. The highest BCUT2D eigenvalue weighted by Gasteiger charge is 2.12. The third kappa shape index (κ3) is 6.05. The minimum atomic E-state index is -2.73. The van der Waals surface area contributed by atoms with Crippen molar-refractivity contribution in [1.82, 2.24) is 0 Å². The molecule has 0 atom stereocenters. The van der Waals surface area contributed by atoms with Crippen LogP contribution in [0.2, 0.25) is 0 Å². The Morgan fingerprint density at radius 3 is 2.06 bits per heavy atom. The predicted octanol–water partition coefficient (Wildman–Crippen LogP) is 4.64. The maximum atomic E-state index is 12.5. The molecule has 0 aliphatic rings. The first-order chi connectivity index (χ1) is 7.38. The Kier molecular flexibility index (Phi) is 7.30. The molecular weight excluding hydrogens is 233 g/mol. The SMILES string of the molecule is CC(C)CS.Cc1ccc(F)c(C(F)F)c1. The molecule has 0 saturated heterocycles. The summed E-state index contributed by atoms with van der Waals surface area (Å²) in [6, 6.07) is 3.66. The van der Waals surface area contributed by atoms with Crippen LogP contribution in [0.5, 0.6) is 0 Å². The van der Waals surface area contributed by atoms with E-state index in [1.54, 1.807) is 6.92 Å². The fourth-order valence-electron chi connectivity index (χ4n) is 0.830. The number of benzene rings is 1. The Morgan fingerprint density at radius 1 is 1.25 bits per heavy atom. The second-order valence-electron chi connectivity index (χ2n) is 3.90. The number of rotatable bonds is 2. The minimum absolute atomic E-state index is 0.523. The highest BCUT2D eigenvalue weighted by atomic mass is 32.1. The van der Waals surface area contributed by atoms with Gasteiger partial charge in [0.15, 0.2) is 0 Å². The molecule has 0 amide bonds. The zero-order chi connectivity index (χ0) is 12.7. The minimum Gasteiger partial charge on any atom is -0.206 e. The van der Waals surface area contributed by atoms with Gasteiger partial charge in [-0.2, -0.15) is 12.6 Å². The van der Waals surface area contributed by atoms with Crippen LogP contribution in [0.15, 0.2) is 18.2 Å². The first-order valence-corrected chi connectivity index (χ1v) is 5.66. The highest BCUT2D eigenvalue weighted by molar-refractivity contribution is 7.80. The Balaban J connectivity index is 0.000000385. The molecular formula is C12H17F3S. The quantitative estimate of drug-likeness (QED) is 0.726. The van der Waals surface area contributed by atoms with E-state index in [0.717, 1.165) is 23.8 Å². The summed E-state index contributed by atoms with van der Waals surface area (Å²) < 4.78 is 36.5. The van der Waals surface area contributed by atoms with Gasteiger partial charge in [-0.05, 0) is 30.7 Å². The lowest BCUT2D eigenvalue weighted by molar-refractivity contribution is 0.146. The van der Waals surface area contributed by atoms with E-state index in [1.165, 1.54) is 6.07 Å². The summed E-state index contributed by atoms with van der Waals surface area (Å²) in [5, 5.41) is 0. The van der Waals surface area contributed by atoms with Gasteiger partial charge in [0.05, 0.1) is 5.56 Å². The smallest absolute Gasteiger partial charge is 0.206 e. The maximum absolute atomic E-state index is 12.5. The zero-order valence-corrected chi connectivity index (χ0v) is 10.6. The summed E-state index contributed by atoms with van der Waals surface area (Å²) in [5.74, 6) is 0.906. The first-order valence-electron chi connectivity index (χ1n) is 5.03. The molecule has 0 fully saturated rings. The summed E-state index contributed by atoms with van der Waals surface area (Å²) in [6.07, 6.45) is -2.73. The van der Waals surface area contributed by atoms with E-state index in [1.807, 2.05) is 0 Å². The third-order valence-corrected chi connectivity index (χ3v) is 2.48. The lowest BCUT2D eigenvalue weighted by Crippen LogP contribution is -1.90. The van der Waals surface area contributed by atoms with Gasteiger partial charge in [-0.3, -0.25) is 0 Å².